The van der Waals surface area contributed by atoms with E-state index in [2.05, 4.69) is 214 Å². The smallest absolute Gasteiger partial charge is 0.0527 e. The van der Waals surface area contributed by atoms with Gasteiger partial charge in [-0.05, 0) is 186 Å². The van der Waals surface area contributed by atoms with Gasteiger partial charge in [0, 0.05) is 22.9 Å². The van der Waals surface area contributed by atoms with Gasteiger partial charge in [0.2, 0.25) is 0 Å². The van der Waals surface area contributed by atoms with Crippen molar-refractivity contribution in [3.8, 4) is 0 Å². The van der Waals surface area contributed by atoms with E-state index in [1.165, 1.54) is 127 Å². The molecule has 1 atom stereocenters. The number of benzene rings is 5. The second-order valence-corrected chi connectivity index (χ2v) is 27.7. The van der Waals surface area contributed by atoms with Gasteiger partial charge in [0.15, 0.2) is 0 Å². The van der Waals surface area contributed by atoms with Crippen LogP contribution in [0.15, 0.2) is 72.8 Å². The largest absolute Gasteiger partial charge is 0.310 e. The highest BCUT2D eigenvalue weighted by Crippen LogP contribution is 2.64. The van der Waals surface area contributed by atoms with Crippen LogP contribution in [-0.4, -0.2) is 0 Å². The zero-order chi connectivity index (χ0) is 47.1. The van der Waals surface area contributed by atoms with Gasteiger partial charge >= 0.3 is 0 Å². The topological polar surface area (TPSA) is 6.48 Å². The fourth-order valence-corrected chi connectivity index (χ4v) is 13.6. The second kappa shape index (κ2) is 13.4. The highest BCUT2D eigenvalue weighted by Gasteiger charge is 2.48. The Labute approximate surface area is 394 Å². The maximum absolute atomic E-state index is 2.74. The molecule has 65 heavy (non-hydrogen) atoms. The molecule has 5 aromatic carbocycles. The van der Waals surface area contributed by atoms with E-state index in [1.807, 2.05) is 0 Å². The summed E-state index contributed by atoms with van der Waals surface area (Å²) in [5, 5.41) is 0. The minimum Gasteiger partial charge on any atom is -0.310 e. The Morgan fingerprint density at radius 2 is 0.846 bits per heavy atom. The first-order valence-electron chi connectivity index (χ1n) is 25.3. The third-order valence-electron chi connectivity index (χ3n) is 17.8. The third kappa shape index (κ3) is 6.59. The summed E-state index contributed by atoms with van der Waals surface area (Å²) < 4.78 is 0. The summed E-state index contributed by atoms with van der Waals surface area (Å²) in [6.45, 7) is 46.5. The lowest BCUT2D eigenvalue weighted by atomic mass is 9.61. The molecular weight excluding hydrogens is 785 g/mol. The van der Waals surface area contributed by atoms with E-state index < -0.39 is 0 Å². The first-order valence-corrected chi connectivity index (χ1v) is 25.3. The van der Waals surface area contributed by atoms with Crippen molar-refractivity contribution in [1.82, 2.24) is 0 Å². The second-order valence-electron chi connectivity index (χ2n) is 27.7. The average Bonchev–Trinajstić information content (AvgIpc) is 3.37. The van der Waals surface area contributed by atoms with Crippen LogP contribution in [0, 0.1) is 6.92 Å². The Hall–Kier alpha value is -4.30. The Kier molecular flexibility index (Phi) is 9.21. The molecule has 0 saturated carbocycles. The summed E-state index contributed by atoms with van der Waals surface area (Å²) in [6.07, 6.45) is 5.93. The molecule has 342 valence electrons. The Morgan fingerprint density at radius 3 is 1.42 bits per heavy atom. The lowest BCUT2D eigenvalue weighted by molar-refractivity contribution is 0.331. The number of rotatable bonds is 2. The van der Waals surface area contributed by atoms with Gasteiger partial charge in [0.1, 0.15) is 0 Å². The number of hydrogen-bond donors (Lipinski definition) is 0. The number of nitrogens with zero attached hydrogens (tertiary/aromatic N) is 2. The van der Waals surface area contributed by atoms with Gasteiger partial charge in [-0.25, -0.2) is 0 Å². The molecule has 5 aromatic rings. The van der Waals surface area contributed by atoms with E-state index >= 15 is 0 Å². The van der Waals surface area contributed by atoms with Gasteiger partial charge < -0.3 is 9.80 Å². The highest BCUT2D eigenvalue weighted by atomic mass is 15.2. The van der Waals surface area contributed by atoms with Crippen molar-refractivity contribution in [2.45, 2.75) is 213 Å². The average molecular weight is 865 g/mol. The molecule has 2 nitrogen and oxygen atoms in total. The van der Waals surface area contributed by atoms with E-state index in [1.54, 1.807) is 0 Å². The van der Waals surface area contributed by atoms with E-state index in [9.17, 15) is 0 Å². The van der Waals surface area contributed by atoms with Crippen molar-refractivity contribution in [2.24, 2.45) is 0 Å². The summed E-state index contributed by atoms with van der Waals surface area (Å²) in [5.41, 5.74) is 25.9. The van der Waals surface area contributed by atoms with Crippen LogP contribution in [0.1, 0.15) is 229 Å². The van der Waals surface area contributed by atoms with Crippen molar-refractivity contribution in [3.63, 3.8) is 0 Å². The van der Waals surface area contributed by atoms with Gasteiger partial charge in [-0.1, -0.05) is 155 Å². The molecule has 0 bridgehead atoms. The quantitative estimate of drug-likeness (QED) is 0.171. The molecule has 2 aliphatic heterocycles. The molecule has 0 amide bonds. The number of anilines is 6. The highest BCUT2D eigenvalue weighted by molar-refractivity contribution is 5.98. The minimum atomic E-state index is -0.0884. The van der Waals surface area contributed by atoms with Gasteiger partial charge in [-0.15, -0.1) is 0 Å². The van der Waals surface area contributed by atoms with Crippen LogP contribution in [0.25, 0.3) is 0 Å². The maximum atomic E-state index is 2.74. The maximum Gasteiger partial charge on any atom is 0.0527 e. The van der Waals surface area contributed by atoms with Gasteiger partial charge in [-0.2, -0.15) is 0 Å². The zero-order valence-electron chi connectivity index (χ0n) is 43.9. The monoisotopic (exact) mass is 865 g/mol. The standard InChI is InChI=1S/C63H80N2/c1-37-28-44-48(63(18,19)36-62(44,16)17)34-49(37)65-50-29-38(56(2,3)4)20-22-41(50)54-42-33-46-47(61(14,15)27-26-60(46,12)13)35-51(42)64(52-30-39(57(5,6)7)31-53(65)55(52)54)40-21-23-43-45(32-40)59(10,11)25-24-58(43,8)9/h20-23,28-35,54H,24-27,36H2,1-19H3. The molecule has 0 radical (unpaired) electrons. The van der Waals surface area contributed by atoms with Crippen molar-refractivity contribution < 1.29 is 0 Å². The number of hydrogen-bond acceptors (Lipinski definition) is 2. The number of aryl methyl sites for hydroxylation is 1. The van der Waals surface area contributed by atoms with Gasteiger partial charge in [0.05, 0.1) is 22.7 Å². The molecule has 0 aromatic heterocycles. The van der Waals surface area contributed by atoms with Gasteiger partial charge in [-0.3, -0.25) is 0 Å². The van der Waals surface area contributed by atoms with E-state index in [-0.39, 0.29) is 49.2 Å². The Morgan fingerprint density at radius 1 is 0.400 bits per heavy atom. The van der Waals surface area contributed by atoms with E-state index in [0.29, 0.717) is 0 Å². The predicted molar refractivity (Wildman–Crippen MR) is 280 cm³/mol. The van der Waals surface area contributed by atoms with Crippen molar-refractivity contribution in [2.75, 3.05) is 9.80 Å². The normalized spacial score (nSPS) is 22.3. The van der Waals surface area contributed by atoms with Crippen LogP contribution in [0.2, 0.25) is 0 Å². The van der Waals surface area contributed by atoms with Crippen LogP contribution < -0.4 is 9.80 Å². The van der Waals surface area contributed by atoms with E-state index in [4.69, 9.17) is 0 Å². The molecule has 2 heteroatoms. The summed E-state index contributed by atoms with van der Waals surface area (Å²) >= 11 is 0. The van der Waals surface area contributed by atoms with Crippen molar-refractivity contribution >= 4 is 34.1 Å². The summed E-state index contributed by atoms with van der Waals surface area (Å²) in [6, 6.07) is 30.9. The molecule has 3 aliphatic carbocycles. The van der Waals surface area contributed by atoms with Crippen LogP contribution in [-0.2, 0) is 43.3 Å². The molecule has 0 saturated heterocycles. The molecule has 0 fully saturated rings. The van der Waals surface area contributed by atoms with E-state index in [0.717, 1.165) is 6.42 Å². The Bertz CT molecular complexity index is 2840. The van der Waals surface area contributed by atoms with Crippen molar-refractivity contribution in [3.05, 3.63) is 140 Å². The number of fused-ring (bicyclic) bond motifs is 7. The third-order valence-corrected chi connectivity index (χ3v) is 17.8. The lowest BCUT2D eigenvalue weighted by Gasteiger charge is -2.49. The fourth-order valence-electron chi connectivity index (χ4n) is 13.6. The molecular formula is C63H80N2. The summed E-state index contributed by atoms with van der Waals surface area (Å²) in [5.74, 6) is 0.0739. The first kappa shape index (κ1) is 44.5. The molecule has 1 unspecified atom stereocenters. The Balaban J connectivity index is 1.36. The van der Waals surface area contributed by atoms with Crippen LogP contribution >= 0.6 is 0 Å². The minimum absolute atomic E-state index is 0.0108. The first-order chi connectivity index (χ1) is 29.8. The van der Waals surface area contributed by atoms with Crippen LogP contribution in [0.3, 0.4) is 0 Å². The fraction of sp³-hybridized carbons (Fsp3) is 0.524. The summed E-state index contributed by atoms with van der Waals surface area (Å²) in [7, 11) is 0. The molecule has 0 spiro atoms. The molecule has 5 aliphatic rings. The lowest BCUT2D eigenvalue weighted by Crippen LogP contribution is -2.36. The zero-order valence-corrected chi connectivity index (χ0v) is 43.9. The molecule has 10 rings (SSSR count). The van der Waals surface area contributed by atoms with Crippen LogP contribution in [0.5, 0.6) is 0 Å². The molecule has 2 heterocycles. The molecule has 0 N–H and O–H groups in total. The summed E-state index contributed by atoms with van der Waals surface area (Å²) in [4.78, 5) is 5.48. The van der Waals surface area contributed by atoms with Crippen LogP contribution in [0.4, 0.5) is 34.1 Å². The predicted octanol–water partition coefficient (Wildman–Crippen LogP) is 18.0. The van der Waals surface area contributed by atoms with Gasteiger partial charge in [0.25, 0.3) is 0 Å². The van der Waals surface area contributed by atoms with Crippen molar-refractivity contribution in [1.29, 1.82) is 0 Å². The SMILES string of the molecule is Cc1cc2c(cc1N1c3cc(C(C)(C)C)ccc3C3c4cc5c(cc4N(c4ccc6c(c4)C(C)(C)CCC6(C)C)c4cc(C(C)(C)C)cc1c43)C(C)(C)CCC5(C)C)C(C)(C)CC2(C)C.